The molecule has 1 rings (SSSR count). The second-order valence-electron chi connectivity index (χ2n) is 3.98. The van der Waals surface area contributed by atoms with Crippen LogP contribution < -0.4 is 11.1 Å². The maximum absolute atomic E-state index is 11.4. The third-order valence-electron chi connectivity index (χ3n) is 2.98. The van der Waals surface area contributed by atoms with Crippen LogP contribution in [-0.4, -0.2) is 31.7 Å². The third-order valence-corrected chi connectivity index (χ3v) is 2.98. The van der Waals surface area contributed by atoms with Gasteiger partial charge in [-0.2, -0.15) is 0 Å². The van der Waals surface area contributed by atoms with Gasteiger partial charge in [-0.05, 0) is 25.7 Å². The third kappa shape index (κ3) is 2.96. The van der Waals surface area contributed by atoms with Crippen LogP contribution in [0.15, 0.2) is 0 Å². The number of hydrogen-bond acceptors (Lipinski definition) is 3. The second-order valence-corrected chi connectivity index (χ2v) is 3.98. The number of ether oxygens (including phenoxy) is 1. The first-order valence-electron chi connectivity index (χ1n) is 5.21. The molecule has 0 bridgehead atoms. The van der Waals surface area contributed by atoms with Gasteiger partial charge in [0.25, 0.3) is 0 Å². The van der Waals surface area contributed by atoms with E-state index in [1.54, 1.807) is 6.92 Å². The Hall–Kier alpha value is -0.610. The summed E-state index contributed by atoms with van der Waals surface area (Å²) in [5, 5.41) is 2.86. The van der Waals surface area contributed by atoms with Crippen molar-refractivity contribution in [3.05, 3.63) is 0 Å². The van der Waals surface area contributed by atoms with Crippen LogP contribution in [0.5, 0.6) is 0 Å². The van der Waals surface area contributed by atoms with Gasteiger partial charge in [0.15, 0.2) is 0 Å². The monoisotopic (exact) mass is 200 g/mol. The Kier molecular flexibility index (Phi) is 4.35. The summed E-state index contributed by atoms with van der Waals surface area (Å²) in [4.78, 5) is 11.4. The lowest BCUT2D eigenvalue weighted by Crippen LogP contribution is -2.40. The van der Waals surface area contributed by atoms with E-state index in [1.165, 1.54) is 13.5 Å². The van der Waals surface area contributed by atoms with Gasteiger partial charge in [0.2, 0.25) is 5.91 Å². The number of carbonyl (C=O) groups is 1. The molecule has 0 spiro atoms. The molecule has 1 amide bonds. The molecular formula is C10H20N2O2. The molecule has 0 radical (unpaired) electrons. The molecule has 3 N–H and O–H groups in total. The first-order chi connectivity index (χ1) is 6.65. The zero-order chi connectivity index (χ0) is 10.6. The Balaban J connectivity index is 2.22. The van der Waals surface area contributed by atoms with Crippen molar-refractivity contribution in [1.29, 1.82) is 0 Å². The van der Waals surface area contributed by atoms with Crippen molar-refractivity contribution in [3.63, 3.8) is 0 Å². The molecule has 0 aromatic heterocycles. The Morgan fingerprint density at radius 1 is 1.64 bits per heavy atom. The summed E-state index contributed by atoms with van der Waals surface area (Å²) in [5.41, 5.74) is 5.89. The summed E-state index contributed by atoms with van der Waals surface area (Å²) >= 11 is 0. The number of hydrogen-bond donors (Lipinski definition) is 2. The average Bonchev–Trinajstić information content (AvgIpc) is 2.59. The molecule has 0 aromatic carbocycles. The maximum atomic E-state index is 11.4. The quantitative estimate of drug-likeness (QED) is 0.684. The molecule has 1 aliphatic rings. The van der Waals surface area contributed by atoms with Gasteiger partial charge in [0, 0.05) is 19.7 Å². The topological polar surface area (TPSA) is 64.3 Å². The minimum atomic E-state index is -0.368. The van der Waals surface area contributed by atoms with Crippen molar-refractivity contribution >= 4 is 5.91 Å². The van der Waals surface area contributed by atoms with Gasteiger partial charge in [0.05, 0.1) is 0 Å². The van der Waals surface area contributed by atoms with Gasteiger partial charge in [-0.1, -0.05) is 6.42 Å². The second kappa shape index (κ2) is 5.32. The smallest absolute Gasteiger partial charge is 0.248 e. The van der Waals surface area contributed by atoms with Crippen LogP contribution in [0.3, 0.4) is 0 Å². The summed E-state index contributed by atoms with van der Waals surface area (Å²) in [6.07, 6.45) is 3.03. The molecule has 0 saturated heterocycles. The fourth-order valence-corrected chi connectivity index (χ4v) is 1.80. The normalized spacial score (nSPS) is 28.8. The summed E-state index contributed by atoms with van der Waals surface area (Å²) in [6.45, 7) is 2.43. The number of methoxy groups -OCH3 is 1. The molecule has 82 valence electrons. The van der Waals surface area contributed by atoms with Crippen molar-refractivity contribution in [2.24, 2.45) is 11.7 Å². The molecule has 14 heavy (non-hydrogen) atoms. The van der Waals surface area contributed by atoms with Crippen LogP contribution in [0.1, 0.15) is 26.2 Å². The summed E-state index contributed by atoms with van der Waals surface area (Å²) in [6, 6.07) is 0.258. The molecule has 3 atom stereocenters. The van der Waals surface area contributed by atoms with Crippen molar-refractivity contribution in [2.75, 3.05) is 13.7 Å². The van der Waals surface area contributed by atoms with Crippen LogP contribution in [0, 0.1) is 5.92 Å². The van der Waals surface area contributed by atoms with Gasteiger partial charge >= 0.3 is 0 Å². The highest BCUT2D eigenvalue weighted by atomic mass is 16.5. The SMILES string of the molecule is COC(C)C(=O)NCC1CCCC1N. The summed E-state index contributed by atoms with van der Waals surface area (Å²) < 4.78 is 4.91. The van der Waals surface area contributed by atoms with E-state index < -0.39 is 0 Å². The Labute approximate surface area is 85.2 Å². The molecule has 4 nitrogen and oxygen atoms in total. The molecule has 3 unspecified atom stereocenters. The molecule has 0 heterocycles. The van der Waals surface area contributed by atoms with E-state index in [-0.39, 0.29) is 18.1 Å². The predicted molar refractivity (Wildman–Crippen MR) is 54.8 cm³/mol. The van der Waals surface area contributed by atoms with Crippen molar-refractivity contribution in [2.45, 2.75) is 38.3 Å². The van der Waals surface area contributed by atoms with Crippen LogP contribution >= 0.6 is 0 Å². The maximum Gasteiger partial charge on any atom is 0.248 e. The Bertz CT molecular complexity index is 197. The Morgan fingerprint density at radius 3 is 2.86 bits per heavy atom. The molecule has 0 aromatic rings. The van der Waals surface area contributed by atoms with Crippen LogP contribution in [0.2, 0.25) is 0 Å². The summed E-state index contributed by atoms with van der Waals surface area (Å²) in [7, 11) is 1.53. The van der Waals surface area contributed by atoms with Crippen LogP contribution in [0.25, 0.3) is 0 Å². The first kappa shape index (κ1) is 11.5. The van der Waals surface area contributed by atoms with E-state index in [2.05, 4.69) is 5.32 Å². The van der Waals surface area contributed by atoms with Crippen molar-refractivity contribution in [1.82, 2.24) is 5.32 Å². The molecule has 1 saturated carbocycles. The number of nitrogens with one attached hydrogen (secondary N) is 1. The van der Waals surface area contributed by atoms with E-state index >= 15 is 0 Å². The first-order valence-corrected chi connectivity index (χ1v) is 5.21. The van der Waals surface area contributed by atoms with E-state index in [4.69, 9.17) is 10.5 Å². The number of amides is 1. The highest BCUT2D eigenvalue weighted by Gasteiger charge is 2.24. The van der Waals surface area contributed by atoms with Crippen molar-refractivity contribution in [3.8, 4) is 0 Å². The average molecular weight is 200 g/mol. The highest BCUT2D eigenvalue weighted by Crippen LogP contribution is 2.22. The highest BCUT2D eigenvalue weighted by molar-refractivity contribution is 5.80. The zero-order valence-corrected chi connectivity index (χ0v) is 8.95. The molecular weight excluding hydrogens is 180 g/mol. The van der Waals surface area contributed by atoms with E-state index in [1.807, 2.05) is 0 Å². The molecule has 1 aliphatic carbocycles. The summed E-state index contributed by atoms with van der Waals surface area (Å²) in [5.74, 6) is 0.398. The Morgan fingerprint density at radius 2 is 2.36 bits per heavy atom. The zero-order valence-electron chi connectivity index (χ0n) is 8.95. The van der Waals surface area contributed by atoms with Gasteiger partial charge in [0.1, 0.15) is 6.10 Å². The number of nitrogens with two attached hydrogens (primary N) is 1. The number of rotatable bonds is 4. The van der Waals surface area contributed by atoms with Crippen LogP contribution in [-0.2, 0) is 9.53 Å². The van der Waals surface area contributed by atoms with Gasteiger partial charge in [-0.15, -0.1) is 0 Å². The lowest BCUT2D eigenvalue weighted by Gasteiger charge is -2.17. The largest absolute Gasteiger partial charge is 0.372 e. The standard InChI is InChI=1S/C10H20N2O2/c1-7(14-2)10(13)12-6-8-4-3-5-9(8)11/h7-9H,3-6,11H2,1-2H3,(H,12,13). The predicted octanol–water partition coefficient (Wildman–Crippen LogP) is 0.265. The molecule has 1 fully saturated rings. The van der Waals surface area contributed by atoms with Gasteiger partial charge in [-0.25, -0.2) is 0 Å². The van der Waals surface area contributed by atoms with E-state index in [9.17, 15) is 4.79 Å². The minimum absolute atomic E-state index is 0.0494. The van der Waals surface area contributed by atoms with E-state index in [0.29, 0.717) is 12.5 Å². The fraction of sp³-hybridized carbons (Fsp3) is 0.900. The van der Waals surface area contributed by atoms with Crippen LogP contribution in [0.4, 0.5) is 0 Å². The lowest BCUT2D eigenvalue weighted by atomic mass is 10.0. The number of carbonyl (C=O) groups excluding carboxylic acids is 1. The fourth-order valence-electron chi connectivity index (χ4n) is 1.80. The molecule has 4 heteroatoms. The van der Waals surface area contributed by atoms with Gasteiger partial charge < -0.3 is 15.8 Å². The minimum Gasteiger partial charge on any atom is -0.372 e. The van der Waals surface area contributed by atoms with Crippen molar-refractivity contribution < 1.29 is 9.53 Å². The lowest BCUT2D eigenvalue weighted by molar-refractivity contribution is -0.130. The molecule has 0 aliphatic heterocycles. The van der Waals surface area contributed by atoms with E-state index in [0.717, 1.165) is 12.8 Å². The van der Waals surface area contributed by atoms with Gasteiger partial charge in [-0.3, -0.25) is 4.79 Å².